The first kappa shape index (κ1) is 28.8. The lowest BCUT2D eigenvalue weighted by Crippen LogP contribution is -2.48. The van der Waals surface area contributed by atoms with Gasteiger partial charge in [0.1, 0.15) is 5.82 Å². The number of carbonyl (C=O) groups is 3. The van der Waals surface area contributed by atoms with E-state index in [0.717, 1.165) is 38.8 Å². The van der Waals surface area contributed by atoms with Gasteiger partial charge in [-0.15, -0.1) is 0 Å². The van der Waals surface area contributed by atoms with E-state index in [1.54, 1.807) is 0 Å². The molecule has 1 heterocycles. The van der Waals surface area contributed by atoms with Crippen LogP contribution in [0, 0.1) is 5.82 Å². The van der Waals surface area contributed by atoms with E-state index in [4.69, 9.17) is 21.5 Å². The number of benzene rings is 1. The summed E-state index contributed by atoms with van der Waals surface area (Å²) >= 11 is 5.89. The van der Waals surface area contributed by atoms with Gasteiger partial charge in [-0.2, -0.15) is 13.2 Å². The van der Waals surface area contributed by atoms with Crippen LogP contribution in [0.15, 0.2) is 18.2 Å². The molecule has 1 saturated carbocycles. The van der Waals surface area contributed by atoms with Gasteiger partial charge in [-0.1, -0.05) is 37.3 Å². The molecule has 1 aromatic carbocycles. The first-order valence-corrected chi connectivity index (χ1v) is 11.9. The fourth-order valence-corrected chi connectivity index (χ4v) is 4.28. The Morgan fingerprint density at radius 1 is 1.09 bits per heavy atom. The predicted octanol–water partition coefficient (Wildman–Crippen LogP) is 4.10. The second-order valence-electron chi connectivity index (χ2n) is 8.46. The van der Waals surface area contributed by atoms with E-state index in [-0.39, 0.29) is 22.9 Å². The summed E-state index contributed by atoms with van der Waals surface area (Å²) in [7, 11) is 0. The third-order valence-corrected chi connectivity index (χ3v) is 6.26. The van der Waals surface area contributed by atoms with Crippen molar-refractivity contribution in [2.45, 2.75) is 57.2 Å². The zero-order valence-electron chi connectivity index (χ0n) is 19.3. The number of nitrogens with zero attached hydrogens (tertiary/aromatic N) is 2. The Kier molecular flexibility index (Phi) is 11.2. The average Bonchev–Trinajstić information content (AvgIpc) is 3.10. The van der Waals surface area contributed by atoms with Gasteiger partial charge >= 0.3 is 12.1 Å². The third kappa shape index (κ3) is 9.29. The SMILES string of the molecule is O=C(CCN(C(=O)c1ccc(F)c(Cl)c1)C1CCCCCC1)N1CCNCC1.O=C(O)C(F)(F)F. The summed E-state index contributed by atoms with van der Waals surface area (Å²) in [5, 5.41) is 10.3. The van der Waals surface area contributed by atoms with Crippen LogP contribution in [0.25, 0.3) is 0 Å². The number of carboxylic acids is 1. The second-order valence-corrected chi connectivity index (χ2v) is 8.86. The van der Waals surface area contributed by atoms with E-state index in [1.165, 1.54) is 31.0 Å². The Morgan fingerprint density at radius 2 is 1.66 bits per heavy atom. The smallest absolute Gasteiger partial charge is 0.475 e. The summed E-state index contributed by atoms with van der Waals surface area (Å²) in [6.45, 7) is 3.44. The van der Waals surface area contributed by atoms with Gasteiger partial charge in [0.05, 0.1) is 5.02 Å². The molecule has 0 unspecified atom stereocenters. The lowest BCUT2D eigenvalue weighted by atomic mass is 10.0. The molecule has 1 aliphatic carbocycles. The lowest BCUT2D eigenvalue weighted by molar-refractivity contribution is -0.192. The van der Waals surface area contributed by atoms with E-state index in [9.17, 15) is 27.2 Å². The number of aliphatic carboxylic acids is 1. The molecule has 2 N–H and O–H groups in total. The molecule has 3 rings (SSSR count). The largest absolute Gasteiger partial charge is 0.490 e. The predicted molar refractivity (Wildman–Crippen MR) is 122 cm³/mol. The van der Waals surface area contributed by atoms with Crippen molar-refractivity contribution in [2.24, 2.45) is 0 Å². The second kappa shape index (κ2) is 13.6. The minimum absolute atomic E-state index is 0.0523. The standard InChI is InChI=1S/C21H29ClFN3O2.C2HF3O2/c22-18-15-16(7-8-19(18)23)21(28)26(17-5-3-1-2-4-6-17)12-9-20(27)25-13-10-24-11-14-25;3-2(4,5)1(6)7/h7-8,15,17,24H,1-6,9-14H2;(H,6,7). The fourth-order valence-electron chi connectivity index (χ4n) is 4.10. The Morgan fingerprint density at radius 3 is 2.17 bits per heavy atom. The van der Waals surface area contributed by atoms with Crippen molar-refractivity contribution in [3.63, 3.8) is 0 Å². The number of hydrogen-bond donors (Lipinski definition) is 2. The Bertz CT molecular complexity index is 871. The van der Waals surface area contributed by atoms with Crippen molar-refractivity contribution < 1.29 is 37.1 Å². The minimum atomic E-state index is -5.08. The molecular formula is C23H30ClF4N3O4. The average molecular weight is 524 g/mol. The highest BCUT2D eigenvalue weighted by Gasteiger charge is 2.38. The quantitative estimate of drug-likeness (QED) is 0.448. The molecule has 2 amide bonds. The molecule has 196 valence electrons. The molecule has 0 spiro atoms. The molecule has 0 aromatic heterocycles. The molecule has 0 bridgehead atoms. The minimum Gasteiger partial charge on any atom is -0.475 e. The first-order chi connectivity index (χ1) is 16.5. The Hall–Kier alpha value is -2.40. The van der Waals surface area contributed by atoms with Crippen LogP contribution in [0.2, 0.25) is 5.02 Å². The zero-order valence-corrected chi connectivity index (χ0v) is 20.0. The Balaban J connectivity index is 0.000000540. The third-order valence-electron chi connectivity index (χ3n) is 5.97. The summed E-state index contributed by atoms with van der Waals surface area (Å²) in [6.07, 6.45) is 1.66. The molecule has 35 heavy (non-hydrogen) atoms. The van der Waals surface area contributed by atoms with Crippen LogP contribution < -0.4 is 5.32 Å². The summed E-state index contributed by atoms with van der Waals surface area (Å²) in [6, 6.07) is 4.22. The van der Waals surface area contributed by atoms with Crippen LogP contribution in [0.5, 0.6) is 0 Å². The van der Waals surface area contributed by atoms with Crippen molar-refractivity contribution in [2.75, 3.05) is 32.7 Å². The normalized spacial score (nSPS) is 17.1. The number of amides is 2. The molecular weight excluding hydrogens is 494 g/mol. The summed E-state index contributed by atoms with van der Waals surface area (Å²) < 4.78 is 45.3. The molecule has 0 radical (unpaired) electrons. The van der Waals surface area contributed by atoms with Gasteiger partial charge in [0.25, 0.3) is 5.91 Å². The van der Waals surface area contributed by atoms with Gasteiger partial charge in [-0.05, 0) is 31.0 Å². The summed E-state index contributed by atoms with van der Waals surface area (Å²) in [5.74, 6) is -3.37. The van der Waals surface area contributed by atoms with Crippen molar-refractivity contribution in [3.8, 4) is 0 Å². The number of nitrogens with one attached hydrogen (secondary N) is 1. The van der Waals surface area contributed by atoms with Gasteiger partial charge < -0.3 is 20.2 Å². The fraction of sp³-hybridized carbons (Fsp3) is 0.609. The van der Waals surface area contributed by atoms with Crippen molar-refractivity contribution in [1.82, 2.24) is 15.1 Å². The van der Waals surface area contributed by atoms with Crippen molar-refractivity contribution in [1.29, 1.82) is 0 Å². The molecule has 2 aliphatic rings. The molecule has 1 aromatic rings. The number of rotatable bonds is 5. The van der Waals surface area contributed by atoms with Crippen molar-refractivity contribution in [3.05, 3.63) is 34.6 Å². The monoisotopic (exact) mass is 523 g/mol. The van der Waals surface area contributed by atoms with Gasteiger partial charge in [-0.3, -0.25) is 9.59 Å². The van der Waals surface area contributed by atoms with E-state index < -0.39 is 18.0 Å². The van der Waals surface area contributed by atoms with Crippen LogP contribution in [-0.4, -0.2) is 77.6 Å². The molecule has 0 atom stereocenters. The van der Waals surface area contributed by atoms with E-state index in [2.05, 4.69) is 5.32 Å². The zero-order chi connectivity index (χ0) is 26.0. The van der Waals surface area contributed by atoms with Crippen LogP contribution >= 0.6 is 11.6 Å². The maximum atomic E-state index is 13.5. The highest BCUT2D eigenvalue weighted by Crippen LogP contribution is 2.25. The van der Waals surface area contributed by atoms with Gasteiger partial charge in [0.15, 0.2) is 0 Å². The van der Waals surface area contributed by atoms with Crippen LogP contribution in [0.1, 0.15) is 55.3 Å². The molecule has 1 aliphatic heterocycles. The summed E-state index contributed by atoms with van der Waals surface area (Å²) in [5.41, 5.74) is 0.380. The maximum absolute atomic E-state index is 13.5. The molecule has 1 saturated heterocycles. The number of hydrogen-bond acceptors (Lipinski definition) is 4. The first-order valence-electron chi connectivity index (χ1n) is 11.6. The number of piperazine rings is 1. The van der Waals surface area contributed by atoms with Gasteiger partial charge in [0, 0.05) is 50.7 Å². The van der Waals surface area contributed by atoms with E-state index in [1.807, 2.05) is 9.80 Å². The van der Waals surface area contributed by atoms with Crippen molar-refractivity contribution >= 4 is 29.4 Å². The Labute approximate surface area is 206 Å². The summed E-state index contributed by atoms with van der Waals surface area (Å²) in [4.78, 5) is 38.4. The molecule has 12 heteroatoms. The highest BCUT2D eigenvalue weighted by molar-refractivity contribution is 6.31. The maximum Gasteiger partial charge on any atom is 0.490 e. The highest BCUT2D eigenvalue weighted by atomic mass is 35.5. The number of carboxylic acid groups (broad SMARTS) is 1. The molecule has 7 nitrogen and oxygen atoms in total. The van der Waals surface area contributed by atoms with E-state index in [0.29, 0.717) is 31.6 Å². The number of alkyl halides is 3. The number of carbonyl (C=O) groups excluding carboxylic acids is 2. The van der Waals surface area contributed by atoms with E-state index >= 15 is 0 Å². The van der Waals surface area contributed by atoms with Crippen LogP contribution in [-0.2, 0) is 9.59 Å². The topological polar surface area (TPSA) is 90.0 Å². The lowest BCUT2D eigenvalue weighted by Gasteiger charge is -2.33. The number of halogens is 5. The van der Waals surface area contributed by atoms with Gasteiger partial charge in [-0.25, -0.2) is 9.18 Å². The van der Waals surface area contributed by atoms with Crippen LogP contribution in [0.4, 0.5) is 17.6 Å². The van der Waals surface area contributed by atoms with Crippen LogP contribution in [0.3, 0.4) is 0 Å². The molecule has 2 fully saturated rings. The van der Waals surface area contributed by atoms with Gasteiger partial charge in [0.2, 0.25) is 5.91 Å².